The van der Waals surface area contributed by atoms with Crippen molar-refractivity contribution in [3.8, 4) is 0 Å². The van der Waals surface area contributed by atoms with E-state index < -0.39 is 29.9 Å². The van der Waals surface area contributed by atoms with Gasteiger partial charge >= 0.3 is 7.12 Å². The van der Waals surface area contributed by atoms with Gasteiger partial charge in [0.1, 0.15) is 11.5 Å². The Hall–Kier alpha value is -0.715. The summed E-state index contributed by atoms with van der Waals surface area (Å²) < 4.78 is 39.6. The maximum atomic E-state index is 14.3. The Labute approximate surface area is 126 Å². The molecule has 6 heteroatoms. The minimum Gasteiger partial charge on any atom is -0.398 e. The SMILES string of the molecule is CC1(C)OB(C(F)=Cc2c(F)cccc2Br)OC1(C)C. The van der Waals surface area contributed by atoms with E-state index in [2.05, 4.69) is 15.9 Å². The number of rotatable bonds is 2. The van der Waals surface area contributed by atoms with Gasteiger partial charge in [-0.05, 0) is 45.9 Å². The monoisotopic (exact) mass is 344 g/mol. The second-order valence-electron chi connectivity index (χ2n) is 5.75. The minimum atomic E-state index is -1.12. The quantitative estimate of drug-likeness (QED) is 0.734. The van der Waals surface area contributed by atoms with Gasteiger partial charge in [0, 0.05) is 10.0 Å². The Morgan fingerprint density at radius 2 is 1.75 bits per heavy atom. The molecule has 0 aromatic heterocycles. The van der Waals surface area contributed by atoms with Crippen LogP contribution in [0.25, 0.3) is 6.08 Å². The van der Waals surface area contributed by atoms with Crippen LogP contribution >= 0.6 is 15.9 Å². The summed E-state index contributed by atoms with van der Waals surface area (Å²) in [5, 5.41) is 0. The lowest BCUT2D eigenvalue weighted by Crippen LogP contribution is -2.41. The van der Waals surface area contributed by atoms with Crippen LogP contribution in [0, 0.1) is 5.82 Å². The van der Waals surface area contributed by atoms with Gasteiger partial charge in [-0.2, -0.15) is 0 Å². The first-order chi connectivity index (χ1) is 9.14. The molecule has 0 atom stereocenters. The average Bonchev–Trinajstić information content (AvgIpc) is 2.53. The van der Waals surface area contributed by atoms with Crippen molar-refractivity contribution in [1.82, 2.24) is 0 Å². The highest BCUT2D eigenvalue weighted by atomic mass is 79.9. The minimum absolute atomic E-state index is 0.139. The molecule has 0 saturated carbocycles. The third-order valence-corrected chi connectivity index (χ3v) is 4.45. The fraction of sp³-hybridized carbons (Fsp3) is 0.429. The highest BCUT2D eigenvalue weighted by molar-refractivity contribution is 9.10. The maximum absolute atomic E-state index is 14.3. The summed E-state index contributed by atoms with van der Waals surface area (Å²) in [6.07, 6.45) is 1.10. The van der Waals surface area contributed by atoms with Gasteiger partial charge in [-0.3, -0.25) is 0 Å². The van der Waals surface area contributed by atoms with Gasteiger partial charge in [-0.25, -0.2) is 8.78 Å². The Balaban J connectivity index is 2.29. The lowest BCUT2D eigenvalue weighted by atomic mass is 9.87. The van der Waals surface area contributed by atoms with E-state index in [1.165, 1.54) is 6.07 Å². The molecule has 20 heavy (non-hydrogen) atoms. The van der Waals surface area contributed by atoms with Crippen molar-refractivity contribution in [2.75, 3.05) is 0 Å². The molecule has 1 saturated heterocycles. The van der Waals surface area contributed by atoms with Crippen molar-refractivity contribution < 1.29 is 18.1 Å². The summed E-state index contributed by atoms with van der Waals surface area (Å²) in [5.41, 5.74) is -1.78. The summed E-state index contributed by atoms with van der Waals surface area (Å²) in [6.45, 7) is 7.33. The molecule has 0 aliphatic carbocycles. The highest BCUT2D eigenvalue weighted by Crippen LogP contribution is 2.39. The molecule has 1 aliphatic rings. The van der Waals surface area contributed by atoms with Crippen LogP contribution in [0.2, 0.25) is 0 Å². The first-order valence-corrected chi connectivity index (χ1v) is 7.10. The Kier molecular flexibility index (Phi) is 4.11. The third-order valence-electron chi connectivity index (χ3n) is 3.76. The zero-order chi connectivity index (χ0) is 15.1. The molecule has 1 aromatic carbocycles. The van der Waals surface area contributed by atoms with Crippen LogP contribution in [-0.2, 0) is 9.31 Å². The molecular weight excluding hydrogens is 329 g/mol. The zero-order valence-electron chi connectivity index (χ0n) is 11.8. The fourth-order valence-corrected chi connectivity index (χ4v) is 2.27. The van der Waals surface area contributed by atoms with Gasteiger partial charge in [-0.15, -0.1) is 0 Å². The highest BCUT2D eigenvalue weighted by Gasteiger charge is 2.53. The molecule has 2 rings (SSSR count). The topological polar surface area (TPSA) is 18.5 Å². The van der Waals surface area contributed by atoms with Crippen LogP contribution in [0.1, 0.15) is 33.3 Å². The zero-order valence-corrected chi connectivity index (χ0v) is 13.4. The summed E-state index contributed by atoms with van der Waals surface area (Å²) in [5.74, 6) is -0.508. The molecule has 1 aliphatic heterocycles. The van der Waals surface area contributed by atoms with E-state index in [-0.39, 0.29) is 5.56 Å². The third kappa shape index (κ3) is 2.82. The molecule has 0 N–H and O–H groups in total. The molecule has 0 radical (unpaired) electrons. The number of hydrogen-bond donors (Lipinski definition) is 0. The predicted octanol–water partition coefficient (Wildman–Crippen LogP) is 4.53. The lowest BCUT2D eigenvalue weighted by Gasteiger charge is -2.32. The van der Waals surface area contributed by atoms with Crippen LogP contribution in [0.15, 0.2) is 28.4 Å². The molecule has 1 aromatic rings. The normalized spacial score (nSPS) is 21.4. The van der Waals surface area contributed by atoms with Gasteiger partial charge in [0.25, 0.3) is 0 Å². The van der Waals surface area contributed by atoms with Crippen LogP contribution in [0.5, 0.6) is 0 Å². The van der Waals surface area contributed by atoms with E-state index in [4.69, 9.17) is 9.31 Å². The molecule has 0 amide bonds. The molecular formula is C14H16BBrF2O2. The second kappa shape index (κ2) is 5.24. The predicted molar refractivity (Wildman–Crippen MR) is 79.3 cm³/mol. The van der Waals surface area contributed by atoms with E-state index >= 15 is 0 Å². The van der Waals surface area contributed by atoms with Gasteiger partial charge in [-0.1, -0.05) is 22.0 Å². The van der Waals surface area contributed by atoms with Gasteiger partial charge in [0.2, 0.25) is 0 Å². The summed E-state index contributed by atoms with van der Waals surface area (Å²) >= 11 is 3.20. The molecule has 108 valence electrons. The summed E-state index contributed by atoms with van der Waals surface area (Å²) in [7, 11) is -1.12. The number of benzene rings is 1. The average molecular weight is 345 g/mol. The summed E-state index contributed by atoms with van der Waals surface area (Å²) in [6, 6.07) is 4.46. The number of halogens is 3. The van der Waals surface area contributed by atoms with Crippen LogP contribution < -0.4 is 0 Å². The molecule has 0 bridgehead atoms. The van der Waals surface area contributed by atoms with Crippen molar-refractivity contribution in [3.63, 3.8) is 0 Å². The first kappa shape index (κ1) is 15.7. The Morgan fingerprint density at radius 3 is 2.25 bits per heavy atom. The smallest absolute Gasteiger partial charge is 0.398 e. The molecule has 0 unspecified atom stereocenters. The van der Waals surface area contributed by atoms with Gasteiger partial charge in [0.05, 0.1) is 11.2 Å². The van der Waals surface area contributed by atoms with Crippen LogP contribution in [0.4, 0.5) is 8.78 Å². The molecule has 2 nitrogen and oxygen atoms in total. The van der Waals surface area contributed by atoms with E-state index in [0.717, 1.165) is 6.08 Å². The van der Waals surface area contributed by atoms with Crippen LogP contribution in [-0.4, -0.2) is 18.3 Å². The van der Waals surface area contributed by atoms with E-state index in [1.807, 2.05) is 27.7 Å². The van der Waals surface area contributed by atoms with Crippen molar-refractivity contribution in [1.29, 1.82) is 0 Å². The Morgan fingerprint density at radius 1 is 1.20 bits per heavy atom. The van der Waals surface area contributed by atoms with E-state index in [0.29, 0.717) is 4.47 Å². The van der Waals surface area contributed by atoms with Crippen molar-refractivity contribution in [2.24, 2.45) is 0 Å². The largest absolute Gasteiger partial charge is 0.525 e. The van der Waals surface area contributed by atoms with Gasteiger partial charge < -0.3 is 9.31 Å². The standard InChI is InChI=1S/C14H16BBrF2O2/c1-13(2)14(3,4)20-15(19-13)12(18)8-9-10(16)6-5-7-11(9)17/h5-8H,1-4H3. The first-order valence-electron chi connectivity index (χ1n) is 6.31. The maximum Gasteiger partial charge on any atom is 0.525 e. The van der Waals surface area contributed by atoms with Crippen LogP contribution in [0.3, 0.4) is 0 Å². The van der Waals surface area contributed by atoms with Crippen molar-refractivity contribution in [3.05, 3.63) is 39.8 Å². The van der Waals surface area contributed by atoms with Crippen molar-refractivity contribution >= 4 is 29.1 Å². The number of hydrogen-bond acceptors (Lipinski definition) is 2. The second-order valence-corrected chi connectivity index (χ2v) is 6.61. The van der Waals surface area contributed by atoms with E-state index in [9.17, 15) is 8.78 Å². The van der Waals surface area contributed by atoms with E-state index in [1.54, 1.807) is 12.1 Å². The molecule has 1 heterocycles. The van der Waals surface area contributed by atoms with Gasteiger partial charge in [0.15, 0.2) is 0 Å². The lowest BCUT2D eigenvalue weighted by molar-refractivity contribution is 0.00578. The van der Waals surface area contributed by atoms with Crippen molar-refractivity contribution in [2.45, 2.75) is 38.9 Å². The molecule has 0 spiro atoms. The Bertz CT molecular complexity index is 522. The summed E-state index contributed by atoms with van der Waals surface area (Å²) in [4.78, 5) is 0. The fourth-order valence-electron chi connectivity index (χ4n) is 1.81. The molecule has 1 fully saturated rings.